The summed E-state index contributed by atoms with van der Waals surface area (Å²) >= 11 is 6.33. The van der Waals surface area contributed by atoms with E-state index in [1.54, 1.807) is 19.1 Å². The van der Waals surface area contributed by atoms with Crippen molar-refractivity contribution in [1.29, 1.82) is 0 Å². The predicted molar refractivity (Wildman–Crippen MR) is 103 cm³/mol. The number of hydrogen-bond acceptors (Lipinski definition) is 4. The number of benzene rings is 2. The quantitative estimate of drug-likeness (QED) is 0.651. The van der Waals surface area contributed by atoms with Crippen molar-refractivity contribution in [3.63, 3.8) is 0 Å². The van der Waals surface area contributed by atoms with Crippen molar-refractivity contribution in [3.8, 4) is 5.69 Å². The second-order valence-corrected chi connectivity index (χ2v) is 6.40. The first-order valence-corrected chi connectivity index (χ1v) is 8.82. The SMILES string of the molecule is Cc1nn(-c2ccccc2)c(Cl)c1C(=O)O[C@H](C)C(=O)Nc1cccc(F)c1. The number of nitrogens with one attached hydrogen (secondary N) is 1. The smallest absolute Gasteiger partial charge is 0.344 e. The number of amides is 1. The van der Waals surface area contributed by atoms with Gasteiger partial charge < -0.3 is 10.1 Å². The van der Waals surface area contributed by atoms with Crippen LogP contribution < -0.4 is 5.32 Å². The third-order valence-corrected chi connectivity index (χ3v) is 4.30. The number of carbonyl (C=O) groups is 2. The van der Waals surface area contributed by atoms with E-state index in [1.807, 2.05) is 18.2 Å². The van der Waals surface area contributed by atoms with Crippen molar-refractivity contribution < 1.29 is 18.7 Å². The number of esters is 1. The van der Waals surface area contributed by atoms with Gasteiger partial charge in [0.25, 0.3) is 5.91 Å². The van der Waals surface area contributed by atoms with E-state index in [2.05, 4.69) is 10.4 Å². The van der Waals surface area contributed by atoms with Gasteiger partial charge in [0.1, 0.15) is 16.5 Å². The molecule has 0 fully saturated rings. The van der Waals surface area contributed by atoms with Crippen LogP contribution in [0, 0.1) is 12.7 Å². The fourth-order valence-corrected chi connectivity index (χ4v) is 2.90. The second kappa shape index (κ2) is 8.22. The first-order chi connectivity index (χ1) is 13.4. The van der Waals surface area contributed by atoms with Crippen LogP contribution in [-0.2, 0) is 9.53 Å². The Kier molecular flexibility index (Phi) is 5.75. The van der Waals surface area contributed by atoms with Crippen LogP contribution in [0.5, 0.6) is 0 Å². The molecule has 0 radical (unpaired) electrons. The van der Waals surface area contributed by atoms with Gasteiger partial charge in [-0.1, -0.05) is 35.9 Å². The van der Waals surface area contributed by atoms with Crippen molar-refractivity contribution in [3.05, 3.63) is 76.8 Å². The van der Waals surface area contributed by atoms with Crippen molar-refractivity contribution in [2.24, 2.45) is 0 Å². The number of rotatable bonds is 5. The molecule has 0 spiro atoms. The van der Waals surface area contributed by atoms with Crippen molar-refractivity contribution >= 4 is 29.2 Å². The van der Waals surface area contributed by atoms with Gasteiger partial charge in [0.2, 0.25) is 0 Å². The highest BCUT2D eigenvalue weighted by Crippen LogP contribution is 2.24. The van der Waals surface area contributed by atoms with E-state index in [1.165, 1.54) is 29.8 Å². The van der Waals surface area contributed by atoms with Crippen LogP contribution in [-0.4, -0.2) is 27.8 Å². The summed E-state index contributed by atoms with van der Waals surface area (Å²) in [6.45, 7) is 3.04. The van der Waals surface area contributed by atoms with E-state index < -0.39 is 23.8 Å². The summed E-state index contributed by atoms with van der Waals surface area (Å²) in [5.41, 5.74) is 1.40. The molecule has 1 N–H and O–H groups in total. The molecule has 3 rings (SSSR count). The lowest BCUT2D eigenvalue weighted by atomic mass is 10.2. The molecule has 1 aromatic heterocycles. The number of ether oxygens (including phenoxy) is 1. The normalized spacial score (nSPS) is 11.7. The van der Waals surface area contributed by atoms with Gasteiger partial charge in [-0.3, -0.25) is 4.79 Å². The maximum absolute atomic E-state index is 13.2. The number of carbonyl (C=O) groups excluding carboxylic acids is 2. The number of halogens is 2. The summed E-state index contributed by atoms with van der Waals surface area (Å²) in [4.78, 5) is 24.8. The average molecular weight is 402 g/mol. The summed E-state index contributed by atoms with van der Waals surface area (Å²) in [7, 11) is 0. The molecule has 3 aromatic rings. The fourth-order valence-electron chi connectivity index (χ4n) is 2.55. The number of aryl methyl sites for hydroxylation is 1. The van der Waals surface area contributed by atoms with E-state index in [0.29, 0.717) is 11.4 Å². The summed E-state index contributed by atoms with van der Waals surface area (Å²) in [6, 6.07) is 14.5. The zero-order valence-electron chi connectivity index (χ0n) is 15.1. The molecule has 0 bridgehead atoms. The van der Waals surface area contributed by atoms with Crippen molar-refractivity contribution in [2.45, 2.75) is 20.0 Å². The minimum Gasteiger partial charge on any atom is -0.449 e. The lowest BCUT2D eigenvalue weighted by Crippen LogP contribution is -2.30. The number of anilines is 1. The molecule has 0 saturated heterocycles. The molecule has 6 nitrogen and oxygen atoms in total. The summed E-state index contributed by atoms with van der Waals surface area (Å²) in [5.74, 6) is -1.85. The molecule has 1 atom stereocenters. The summed E-state index contributed by atoms with van der Waals surface area (Å²) in [5, 5.41) is 6.85. The Balaban J connectivity index is 1.74. The zero-order chi connectivity index (χ0) is 20.3. The zero-order valence-corrected chi connectivity index (χ0v) is 15.9. The van der Waals surface area contributed by atoms with Crippen LogP contribution in [0.1, 0.15) is 23.0 Å². The number of nitrogens with zero attached hydrogens (tertiary/aromatic N) is 2. The molecule has 144 valence electrons. The van der Waals surface area contributed by atoms with E-state index in [9.17, 15) is 14.0 Å². The highest BCUT2D eigenvalue weighted by atomic mass is 35.5. The number of aromatic nitrogens is 2. The minimum absolute atomic E-state index is 0.0796. The monoisotopic (exact) mass is 401 g/mol. The van der Waals surface area contributed by atoms with Crippen LogP contribution in [0.2, 0.25) is 5.15 Å². The van der Waals surface area contributed by atoms with E-state index in [4.69, 9.17) is 16.3 Å². The Labute approximate surface area is 165 Å². The van der Waals surface area contributed by atoms with Crippen LogP contribution in [0.4, 0.5) is 10.1 Å². The molecule has 0 aliphatic rings. The van der Waals surface area contributed by atoms with Gasteiger partial charge in [-0.15, -0.1) is 0 Å². The molecule has 0 saturated carbocycles. The predicted octanol–water partition coefficient (Wildman–Crippen LogP) is 4.16. The molecule has 1 amide bonds. The second-order valence-electron chi connectivity index (χ2n) is 6.05. The Morgan fingerprint density at radius 3 is 2.57 bits per heavy atom. The van der Waals surface area contributed by atoms with Gasteiger partial charge in [-0.2, -0.15) is 5.10 Å². The molecule has 0 aliphatic carbocycles. The van der Waals surface area contributed by atoms with Crippen LogP contribution in [0.15, 0.2) is 54.6 Å². The maximum atomic E-state index is 13.2. The Bertz CT molecular complexity index is 1020. The molecule has 0 aliphatic heterocycles. The molecule has 0 unspecified atom stereocenters. The van der Waals surface area contributed by atoms with Crippen LogP contribution in [0.3, 0.4) is 0 Å². The van der Waals surface area contributed by atoms with Gasteiger partial charge in [0, 0.05) is 5.69 Å². The molecular formula is C20H17ClFN3O3. The van der Waals surface area contributed by atoms with E-state index >= 15 is 0 Å². The molecule has 2 aromatic carbocycles. The van der Waals surface area contributed by atoms with Crippen LogP contribution >= 0.6 is 11.6 Å². The Morgan fingerprint density at radius 1 is 1.18 bits per heavy atom. The average Bonchev–Trinajstić information content (AvgIpc) is 2.96. The largest absolute Gasteiger partial charge is 0.449 e. The standard InChI is InChI=1S/C20H17ClFN3O3/c1-12-17(18(21)25(24-12)16-9-4-3-5-10-16)20(27)28-13(2)19(26)23-15-8-6-7-14(22)11-15/h3-11,13H,1-2H3,(H,23,26)/t13-/m1/s1. The molecule has 28 heavy (non-hydrogen) atoms. The van der Waals surface area contributed by atoms with Gasteiger partial charge in [-0.25, -0.2) is 13.9 Å². The highest BCUT2D eigenvalue weighted by Gasteiger charge is 2.26. The van der Waals surface area contributed by atoms with Crippen molar-refractivity contribution in [1.82, 2.24) is 9.78 Å². The fraction of sp³-hybridized carbons (Fsp3) is 0.150. The van der Waals surface area contributed by atoms with Crippen LogP contribution in [0.25, 0.3) is 5.69 Å². The summed E-state index contributed by atoms with van der Waals surface area (Å²) in [6.07, 6.45) is -1.12. The van der Waals surface area contributed by atoms with Crippen molar-refractivity contribution in [2.75, 3.05) is 5.32 Å². The van der Waals surface area contributed by atoms with Gasteiger partial charge in [-0.05, 0) is 44.2 Å². The van der Waals surface area contributed by atoms with Gasteiger partial charge in [0.05, 0.1) is 11.4 Å². The molecule has 1 heterocycles. The molecule has 8 heteroatoms. The highest BCUT2D eigenvalue weighted by molar-refractivity contribution is 6.33. The van der Waals surface area contributed by atoms with Gasteiger partial charge >= 0.3 is 5.97 Å². The number of hydrogen-bond donors (Lipinski definition) is 1. The topological polar surface area (TPSA) is 73.2 Å². The lowest BCUT2D eigenvalue weighted by Gasteiger charge is -2.13. The first-order valence-electron chi connectivity index (χ1n) is 8.44. The third-order valence-electron chi connectivity index (χ3n) is 3.95. The minimum atomic E-state index is -1.12. The Hall–Kier alpha value is -3.19. The number of para-hydroxylation sites is 1. The van der Waals surface area contributed by atoms with E-state index in [0.717, 1.165) is 6.07 Å². The third kappa shape index (κ3) is 4.20. The first kappa shape index (κ1) is 19.6. The van der Waals surface area contributed by atoms with E-state index in [-0.39, 0.29) is 16.4 Å². The maximum Gasteiger partial charge on any atom is 0.344 e. The lowest BCUT2D eigenvalue weighted by molar-refractivity contribution is -0.123. The van der Waals surface area contributed by atoms with Gasteiger partial charge in [0.15, 0.2) is 6.10 Å². The summed E-state index contributed by atoms with van der Waals surface area (Å²) < 4.78 is 19.9. The molecular weight excluding hydrogens is 385 g/mol. The Morgan fingerprint density at radius 2 is 1.89 bits per heavy atom.